The molecule has 0 amide bonds. The lowest BCUT2D eigenvalue weighted by Crippen LogP contribution is -2.39. The second-order valence-electron chi connectivity index (χ2n) is 5.60. The molecule has 6 nitrogen and oxygen atoms in total. The van der Waals surface area contributed by atoms with E-state index < -0.39 is 10.0 Å². The largest absolute Gasteiger partial charge is 0.329 e. The summed E-state index contributed by atoms with van der Waals surface area (Å²) in [7, 11) is -3.53. The van der Waals surface area contributed by atoms with Crippen LogP contribution < -0.4 is 5.73 Å². The lowest BCUT2D eigenvalue weighted by atomic mass is 10.2. The number of rotatable bonds is 4. The lowest BCUT2D eigenvalue weighted by molar-refractivity contribution is 0.393. The zero-order chi connectivity index (χ0) is 15.7. The summed E-state index contributed by atoms with van der Waals surface area (Å²) in [5, 5.41) is 4.18. The minimum Gasteiger partial charge on any atom is -0.329 e. The highest BCUT2D eigenvalue weighted by Crippen LogP contribution is 2.25. The average molecular weight is 320 g/mol. The molecule has 1 saturated heterocycles. The first-order valence-electron chi connectivity index (χ1n) is 7.36. The van der Waals surface area contributed by atoms with Crippen molar-refractivity contribution in [3.05, 3.63) is 42.2 Å². The van der Waals surface area contributed by atoms with Crippen LogP contribution in [0.25, 0.3) is 5.69 Å². The van der Waals surface area contributed by atoms with Crippen molar-refractivity contribution in [3.8, 4) is 5.69 Å². The molecule has 0 radical (unpaired) electrons. The fourth-order valence-electron chi connectivity index (χ4n) is 2.77. The van der Waals surface area contributed by atoms with Gasteiger partial charge in [0.2, 0.25) is 10.0 Å². The number of hydrogen-bond donors (Lipinski definition) is 1. The van der Waals surface area contributed by atoms with Gasteiger partial charge in [0.05, 0.1) is 18.1 Å². The Kier molecular flexibility index (Phi) is 4.03. The molecule has 0 spiro atoms. The molecule has 2 aromatic rings. The number of hydrogen-bond acceptors (Lipinski definition) is 4. The molecule has 2 N–H and O–H groups in total. The van der Waals surface area contributed by atoms with Crippen molar-refractivity contribution in [1.82, 2.24) is 14.1 Å². The second-order valence-corrected chi connectivity index (χ2v) is 7.49. The van der Waals surface area contributed by atoms with E-state index in [1.807, 2.05) is 31.2 Å². The summed E-state index contributed by atoms with van der Waals surface area (Å²) in [5.74, 6) is 0. The van der Waals surface area contributed by atoms with E-state index in [1.54, 1.807) is 10.9 Å². The van der Waals surface area contributed by atoms with Crippen molar-refractivity contribution >= 4 is 10.0 Å². The Morgan fingerprint density at radius 1 is 1.32 bits per heavy atom. The van der Waals surface area contributed by atoms with E-state index in [2.05, 4.69) is 5.10 Å². The molecule has 3 rings (SSSR count). The van der Waals surface area contributed by atoms with Gasteiger partial charge in [0.15, 0.2) is 0 Å². The first-order chi connectivity index (χ1) is 10.5. The minimum absolute atomic E-state index is 0.104. The first-order valence-corrected chi connectivity index (χ1v) is 8.80. The van der Waals surface area contributed by atoms with Gasteiger partial charge in [0.1, 0.15) is 4.90 Å². The van der Waals surface area contributed by atoms with E-state index in [1.165, 1.54) is 10.5 Å². The van der Waals surface area contributed by atoms with E-state index in [-0.39, 0.29) is 10.9 Å². The lowest BCUT2D eigenvalue weighted by Gasteiger charge is -2.21. The maximum Gasteiger partial charge on any atom is 0.246 e. The van der Waals surface area contributed by atoms with Gasteiger partial charge in [-0.05, 0) is 31.9 Å². The summed E-state index contributed by atoms with van der Waals surface area (Å²) in [6, 6.07) is 7.66. The summed E-state index contributed by atoms with van der Waals surface area (Å²) < 4.78 is 28.5. The topological polar surface area (TPSA) is 81.2 Å². The quantitative estimate of drug-likeness (QED) is 0.920. The first kappa shape index (κ1) is 15.2. The Labute approximate surface area is 130 Å². The molecule has 0 bridgehead atoms. The van der Waals surface area contributed by atoms with E-state index >= 15 is 0 Å². The fourth-order valence-corrected chi connectivity index (χ4v) is 4.41. The van der Waals surface area contributed by atoms with Crippen LogP contribution in [0.5, 0.6) is 0 Å². The Balaban J connectivity index is 1.91. The van der Waals surface area contributed by atoms with Gasteiger partial charge in [-0.1, -0.05) is 17.7 Å². The smallest absolute Gasteiger partial charge is 0.246 e. The molecule has 1 fully saturated rings. The van der Waals surface area contributed by atoms with Gasteiger partial charge in [-0.2, -0.15) is 9.40 Å². The zero-order valence-corrected chi connectivity index (χ0v) is 13.3. The summed E-state index contributed by atoms with van der Waals surface area (Å²) in [6.07, 6.45) is 4.64. The van der Waals surface area contributed by atoms with E-state index in [0.717, 1.165) is 24.1 Å². The van der Waals surface area contributed by atoms with Crippen molar-refractivity contribution in [2.75, 3.05) is 13.1 Å². The molecule has 1 aliphatic heterocycles. The van der Waals surface area contributed by atoms with E-state index in [4.69, 9.17) is 5.73 Å². The van der Waals surface area contributed by atoms with Gasteiger partial charge in [0, 0.05) is 19.1 Å². The molecule has 1 aromatic heterocycles. The summed E-state index contributed by atoms with van der Waals surface area (Å²) >= 11 is 0. The molecule has 2 heterocycles. The Bertz CT molecular complexity index is 752. The van der Waals surface area contributed by atoms with Crippen LogP contribution in [-0.4, -0.2) is 41.6 Å². The number of nitrogens with two attached hydrogens (primary N) is 1. The van der Waals surface area contributed by atoms with Gasteiger partial charge in [-0.3, -0.25) is 0 Å². The highest BCUT2D eigenvalue weighted by Gasteiger charge is 2.35. The van der Waals surface area contributed by atoms with Crippen molar-refractivity contribution in [2.24, 2.45) is 5.73 Å². The highest BCUT2D eigenvalue weighted by molar-refractivity contribution is 7.89. The number of nitrogens with zero attached hydrogens (tertiary/aromatic N) is 3. The Hall–Kier alpha value is -1.70. The minimum atomic E-state index is -3.53. The molecular formula is C15H20N4O2S. The molecular weight excluding hydrogens is 300 g/mol. The molecule has 1 atom stereocenters. The SMILES string of the molecule is Cc1ccc(-n2cc(S(=O)(=O)N3CCC[C@@H]3CN)cn2)cc1. The van der Waals surface area contributed by atoms with Crippen molar-refractivity contribution in [3.63, 3.8) is 0 Å². The predicted octanol–water partition coefficient (Wildman–Crippen LogP) is 1.29. The molecule has 22 heavy (non-hydrogen) atoms. The molecule has 118 valence electrons. The summed E-state index contributed by atoms with van der Waals surface area (Å²) in [5.41, 5.74) is 7.66. The van der Waals surface area contributed by atoms with E-state index in [0.29, 0.717) is 13.1 Å². The maximum absolute atomic E-state index is 12.7. The van der Waals surface area contributed by atoms with Gasteiger partial charge >= 0.3 is 0 Å². The van der Waals surface area contributed by atoms with Gasteiger partial charge in [0.25, 0.3) is 0 Å². The fraction of sp³-hybridized carbons (Fsp3) is 0.400. The molecule has 0 saturated carbocycles. The third kappa shape index (κ3) is 2.67. The molecule has 1 aliphatic rings. The number of aryl methyl sites for hydroxylation is 1. The number of sulfonamides is 1. The highest BCUT2D eigenvalue weighted by atomic mass is 32.2. The van der Waals surface area contributed by atoms with Crippen LogP contribution >= 0.6 is 0 Å². The Morgan fingerprint density at radius 2 is 2.05 bits per heavy atom. The second kappa shape index (κ2) is 5.83. The third-order valence-corrected chi connectivity index (χ3v) is 5.96. The van der Waals surface area contributed by atoms with Crippen LogP contribution in [0.15, 0.2) is 41.6 Å². The molecule has 1 aromatic carbocycles. The van der Waals surface area contributed by atoms with Crippen LogP contribution in [0.3, 0.4) is 0 Å². The van der Waals surface area contributed by atoms with Crippen molar-refractivity contribution in [2.45, 2.75) is 30.7 Å². The molecule has 7 heteroatoms. The number of aromatic nitrogens is 2. The van der Waals surface area contributed by atoms with Gasteiger partial charge in [-0.15, -0.1) is 0 Å². The van der Waals surface area contributed by atoms with Crippen LogP contribution in [-0.2, 0) is 10.0 Å². The summed E-state index contributed by atoms with van der Waals surface area (Å²) in [6.45, 7) is 2.88. The molecule has 0 aliphatic carbocycles. The monoisotopic (exact) mass is 320 g/mol. The normalized spacial score (nSPS) is 19.6. The third-order valence-electron chi connectivity index (χ3n) is 4.06. The van der Waals surface area contributed by atoms with Crippen molar-refractivity contribution < 1.29 is 8.42 Å². The van der Waals surface area contributed by atoms with Gasteiger partial charge in [-0.25, -0.2) is 13.1 Å². The number of benzene rings is 1. The predicted molar refractivity (Wildman–Crippen MR) is 84.3 cm³/mol. The zero-order valence-electron chi connectivity index (χ0n) is 12.5. The van der Waals surface area contributed by atoms with Crippen LogP contribution in [0, 0.1) is 6.92 Å². The molecule has 0 unspecified atom stereocenters. The standard InChI is InChI=1S/C15H20N4O2S/c1-12-4-6-13(7-5-12)18-11-15(10-17-18)22(20,21)19-8-2-3-14(19)9-16/h4-7,10-11,14H,2-3,8-9,16H2,1H3/t14-/m1/s1. The van der Waals surface area contributed by atoms with Crippen molar-refractivity contribution in [1.29, 1.82) is 0 Å². The van der Waals surface area contributed by atoms with E-state index in [9.17, 15) is 8.42 Å². The van der Waals surface area contributed by atoms with Crippen LogP contribution in [0.4, 0.5) is 0 Å². The van der Waals surface area contributed by atoms with Crippen LogP contribution in [0.2, 0.25) is 0 Å². The van der Waals surface area contributed by atoms with Gasteiger partial charge < -0.3 is 5.73 Å². The maximum atomic E-state index is 12.7. The van der Waals surface area contributed by atoms with Crippen LogP contribution in [0.1, 0.15) is 18.4 Å². The summed E-state index contributed by atoms with van der Waals surface area (Å²) in [4.78, 5) is 0.216. The Morgan fingerprint density at radius 3 is 2.73 bits per heavy atom. The average Bonchev–Trinajstić information content (AvgIpc) is 3.17.